The van der Waals surface area contributed by atoms with Crippen molar-refractivity contribution in [1.29, 1.82) is 0 Å². The zero-order valence-electron chi connectivity index (χ0n) is 12.4. The second kappa shape index (κ2) is 4.60. The van der Waals surface area contributed by atoms with Gasteiger partial charge in [0.15, 0.2) is 0 Å². The van der Waals surface area contributed by atoms with Gasteiger partial charge < -0.3 is 0 Å². The molecule has 3 aromatic rings. The maximum Gasteiger partial charge on any atom is 0.00735 e. The van der Waals surface area contributed by atoms with Crippen LogP contribution in [0.5, 0.6) is 0 Å². The van der Waals surface area contributed by atoms with Crippen molar-refractivity contribution < 1.29 is 0 Å². The molecule has 0 N–H and O–H groups in total. The van der Waals surface area contributed by atoms with Crippen LogP contribution in [0.15, 0.2) is 66.7 Å². The quantitative estimate of drug-likeness (QED) is 0.524. The highest BCUT2D eigenvalue weighted by Crippen LogP contribution is 2.45. The maximum atomic E-state index is 2.38. The Bertz CT molecular complexity index is 827. The summed E-state index contributed by atoms with van der Waals surface area (Å²) in [6, 6.07) is 24.3. The molecule has 0 saturated heterocycles. The fraction of sp³-hybridized carbons (Fsp3) is 0.143. The molecule has 4 rings (SSSR count). The van der Waals surface area contributed by atoms with Crippen molar-refractivity contribution in [2.75, 3.05) is 0 Å². The number of fused-ring (bicyclic) bond motifs is 3. The van der Waals surface area contributed by atoms with Gasteiger partial charge in [-0.2, -0.15) is 0 Å². The molecule has 0 aromatic heterocycles. The first-order valence-electron chi connectivity index (χ1n) is 7.55. The highest BCUT2D eigenvalue weighted by Gasteiger charge is 2.25. The number of hydrogen-bond donors (Lipinski definition) is 0. The molecule has 21 heavy (non-hydrogen) atoms. The fourth-order valence-corrected chi connectivity index (χ4v) is 3.52. The average molecular weight is 270 g/mol. The highest BCUT2D eigenvalue weighted by atomic mass is 14.3. The van der Waals surface area contributed by atoms with Gasteiger partial charge in [-0.05, 0) is 51.9 Å². The van der Waals surface area contributed by atoms with E-state index >= 15 is 0 Å². The first kappa shape index (κ1) is 12.4. The molecule has 0 spiro atoms. The molecule has 0 saturated carbocycles. The summed E-state index contributed by atoms with van der Waals surface area (Å²) in [5, 5.41) is 0. The molecule has 1 unspecified atom stereocenters. The number of rotatable bonds is 1. The number of hydrogen-bond acceptors (Lipinski definition) is 0. The van der Waals surface area contributed by atoms with Gasteiger partial charge in [0.2, 0.25) is 0 Å². The zero-order valence-corrected chi connectivity index (χ0v) is 12.4. The molecule has 102 valence electrons. The van der Waals surface area contributed by atoms with Crippen molar-refractivity contribution in [3.63, 3.8) is 0 Å². The number of aryl methyl sites for hydroxylation is 1. The molecule has 3 aromatic carbocycles. The van der Waals surface area contributed by atoms with Gasteiger partial charge in [-0.25, -0.2) is 0 Å². The van der Waals surface area contributed by atoms with Gasteiger partial charge in [-0.15, -0.1) is 0 Å². The Morgan fingerprint density at radius 2 is 1.33 bits per heavy atom. The topological polar surface area (TPSA) is 0 Å². The minimum atomic E-state index is 0.486. The summed E-state index contributed by atoms with van der Waals surface area (Å²) in [6.45, 7) is 4.49. The van der Waals surface area contributed by atoms with Crippen molar-refractivity contribution in [1.82, 2.24) is 0 Å². The Kier molecular flexibility index (Phi) is 2.71. The van der Waals surface area contributed by atoms with Gasteiger partial charge in [0.1, 0.15) is 0 Å². The van der Waals surface area contributed by atoms with Crippen LogP contribution in [-0.2, 0) is 0 Å². The molecule has 0 nitrogen and oxygen atoms in total. The van der Waals surface area contributed by atoms with E-state index in [1.54, 1.807) is 0 Å². The molecule has 0 radical (unpaired) electrons. The smallest absolute Gasteiger partial charge is 0.00735 e. The van der Waals surface area contributed by atoms with E-state index < -0.39 is 0 Å². The summed E-state index contributed by atoms with van der Waals surface area (Å²) in [5.41, 5.74) is 9.70. The Balaban J connectivity index is 1.90. The third-order valence-electron chi connectivity index (χ3n) is 4.69. The van der Waals surface area contributed by atoms with E-state index in [2.05, 4.69) is 80.6 Å². The third kappa shape index (κ3) is 1.83. The predicted octanol–water partition coefficient (Wildman–Crippen LogP) is 5.79. The molecule has 1 aliphatic rings. The summed E-state index contributed by atoms with van der Waals surface area (Å²) in [6.07, 6.45) is 0. The first-order chi connectivity index (χ1) is 10.3. The normalized spacial score (nSPS) is 15.6. The Labute approximate surface area is 126 Å². The van der Waals surface area contributed by atoms with E-state index in [1.165, 1.54) is 38.9 Å². The second-order valence-electron chi connectivity index (χ2n) is 5.93. The van der Waals surface area contributed by atoms with Crippen LogP contribution in [0.25, 0.3) is 22.3 Å². The van der Waals surface area contributed by atoms with Crippen molar-refractivity contribution in [3.05, 3.63) is 83.4 Å². The van der Waals surface area contributed by atoms with Crippen molar-refractivity contribution in [2.24, 2.45) is 0 Å². The second-order valence-corrected chi connectivity index (χ2v) is 5.93. The van der Waals surface area contributed by atoms with Crippen molar-refractivity contribution in [3.8, 4) is 22.3 Å². The molecule has 0 heteroatoms. The Morgan fingerprint density at radius 3 is 2.14 bits per heavy atom. The van der Waals surface area contributed by atoms with E-state index in [1.807, 2.05) is 0 Å². The molecule has 1 atom stereocenters. The SMILES string of the molecule is Cc1ccccc1-c1ccc2c(c1)C(C)c1ccccc1-2. The lowest BCUT2D eigenvalue weighted by Crippen LogP contribution is -1.90. The van der Waals surface area contributed by atoms with Gasteiger partial charge in [-0.1, -0.05) is 67.6 Å². The predicted molar refractivity (Wildman–Crippen MR) is 89.6 cm³/mol. The first-order valence-corrected chi connectivity index (χ1v) is 7.55. The molecular formula is C21H18. The van der Waals surface area contributed by atoms with E-state index in [-0.39, 0.29) is 0 Å². The van der Waals surface area contributed by atoms with Crippen LogP contribution in [0.1, 0.15) is 29.5 Å². The van der Waals surface area contributed by atoms with E-state index in [4.69, 9.17) is 0 Å². The highest BCUT2D eigenvalue weighted by molar-refractivity contribution is 5.82. The average Bonchev–Trinajstić information content (AvgIpc) is 2.81. The summed E-state index contributed by atoms with van der Waals surface area (Å²) in [7, 11) is 0. The maximum absolute atomic E-state index is 2.38. The molecule has 0 amide bonds. The number of benzene rings is 3. The molecule has 0 bridgehead atoms. The van der Waals surface area contributed by atoms with Crippen molar-refractivity contribution in [2.45, 2.75) is 19.8 Å². The third-order valence-corrected chi connectivity index (χ3v) is 4.69. The van der Waals surface area contributed by atoms with Gasteiger partial charge in [0, 0.05) is 5.92 Å². The molecular weight excluding hydrogens is 252 g/mol. The van der Waals surface area contributed by atoms with Crippen LogP contribution in [0.3, 0.4) is 0 Å². The molecule has 0 heterocycles. The molecule has 0 aliphatic heterocycles. The minimum Gasteiger partial charge on any atom is -0.0620 e. The monoisotopic (exact) mass is 270 g/mol. The summed E-state index contributed by atoms with van der Waals surface area (Å²) < 4.78 is 0. The van der Waals surface area contributed by atoms with Gasteiger partial charge >= 0.3 is 0 Å². The lowest BCUT2D eigenvalue weighted by molar-refractivity contribution is 0.957. The van der Waals surface area contributed by atoms with E-state index in [0.29, 0.717) is 5.92 Å². The van der Waals surface area contributed by atoms with Gasteiger partial charge in [0.05, 0.1) is 0 Å². The lowest BCUT2D eigenvalue weighted by Gasteiger charge is -2.10. The lowest BCUT2D eigenvalue weighted by atomic mass is 9.94. The molecule has 1 aliphatic carbocycles. The van der Waals surface area contributed by atoms with Crippen LogP contribution < -0.4 is 0 Å². The summed E-state index contributed by atoms with van der Waals surface area (Å²) in [4.78, 5) is 0. The Hall–Kier alpha value is -2.34. The van der Waals surface area contributed by atoms with Crippen LogP contribution in [0.4, 0.5) is 0 Å². The zero-order chi connectivity index (χ0) is 14.4. The summed E-state index contributed by atoms with van der Waals surface area (Å²) in [5.74, 6) is 0.486. The van der Waals surface area contributed by atoms with E-state index in [9.17, 15) is 0 Å². The Morgan fingerprint density at radius 1 is 0.667 bits per heavy atom. The van der Waals surface area contributed by atoms with Crippen LogP contribution in [0, 0.1) is 6.92 Å². The molecule has 0 fully saturated rings. The van der Waals surface area contributed by atoms with Crippen LogP contribution in [0.2, 0.25) is 0 Å². The van der Waals surface area contributed by atoms with Gasteiger partial charge in [-0.3, -0.25) is 0 Å². The minimum absolute atomic E-state index is 0.486. The van der Waals surface area contributed by atoms with Gasteiger partial charge in [0.25, 0.3) is 0 Å². The van der Waals surface area contributed by atoms with Crippen LogP contribution in [-0.4, -0.2) is 0 Å². The largest absolute Gasteiger partial charge is 0.0620 e. The van der Waals surface area contributed by atoms with Crippen LogP contribution >= 0.6 is 0 Å². The van der Waals surface area contributed by atoms with E-state index in [0.717, 1.165) is 0 Å². The van der Waals surface area contributed by atoms with Crippen molar-refractivity contribution >= 4 is 0 Å². The summed E-state index contributed by atoms with van der Waals surface area (Å²) >= 11 is 0. The fourth-order valence-electron chi connectivity index (χ4n) is 3.52. The standard InChI is InChI=1S/C21H18/c1-14-7-3-4-8-17(14)16-11-12-20-19-10-6-5-9-18(19)15(2)21(20)13-16/h3-13,15H,1-2H3.